The SMILES string of the molecule is C[C@H](Br)c1ccc(Cl)c(Cl)c1. The minimum Gasteiger partial charge on any atom is -0.0842 e. The molecule has 0 nitrogen and oxygen atoms in total. The Hall–Kier alpha value is 0.280. The molecule has 1 aromatic carbocycles. The second-order valence-electron chi connectivity index (χ2n) is 2.29. The molecule has 60 valence electrons. The van der Waals surface area contributed by atoms with Crippen molar-refractivity contribution in [2.24, 2.45) is 0 Å². The molecule has 0 unspecified atom stereocenters. The van der Waals surface area contributed by atoms with E-state index in [4.69, 9.17) is 23.2 Å². The summed E-state index contributed by atoms with van der Waals surface area (Å²) >= 11 is 15.0. The van der Waals surface area contributed by atoms with Gasteiger partial charge in [-0.2, -0.15) is 0 Å². The maximum atomic E-state index is 5.81. The quantitative estimate of drug-likeness (QED) is 0.649. The van der Waals surface area contributed by atoms with Gasteiger partial charge in [0.05, 0.1) is 10.0 Å². The molecule has 0 saturated heterocycles. The van der Waals surface area contributed by atoms with Gasteiger partial charge in [0.15, 0.2) is 0 Å². The second-order valence-corrected chi connectivity index (χ2v) is 4.48. The van der Waals surface area contributed by atoms with Gasteiger partial charge in [-0.1, -0.05) is 45.2 Å². The smallest absolute Gasteiger partial charge is 0.0595 e. The first-order valence-corrected chi connectivity index (χ1v) is 4.87. The molecule has 1 atom stereocenters. The van der Waals surface area contributed by atoms with Crippen LogP contribution < -0.4 is 0 Å². The van der Waals surface area contributed by atoms with Gasteiger partial charge in [0.25, 0.3) is 0 Å². The summed E-state index contributed by atoms with van der Waals surface area (Å²) in [5, 5.41) is 1.21. The average Bonchev–Trinajstić information content (AvgIpc) is 1.94. The van der Waals surface area contributed by atoms with E-state index in [0.717, 1.165) is 5.56 Å². The van der Waals surface area contributed by atoms with E-state index >= 15 is 0 Å². The van der Waals surface area contributed by atoms with Gasteiger partial charge in [-0.15, -0.1) is 0 Å². The monoisotopic (exact) mass is 252 g/mol. The topological polar surface area (TPSA) is 0 Å². The lowest BCUT2D eigenvalue weighted by Crippen LogP contribution is -1.82. The van der Waals surface area contributed by atoms with E-state index < -0.39 is 0 Å². The normalized spacial score (nSPS) is 13.1. The number of alkyl halides is 1. The summed E-state index contributed by atoms with van der Waals surface area (Å²) in [5.74, 6) is 0. The van der Waals surface area contributed by atoms with E-state index in [0.29, 0.717) is 14.9 Å². The number of hydrogen-bond acceptors (Lipinski definition) is 0. The summed E-state index contributed by atoms with van der Waals surface area (Å²) in [6.07, 6.45) is 0. The van der Waals surface area contributed by atoms with Crippen LogP contribution in [0.2, 0.25) is 10.0 Å². The Labute approximate surface area is 84.6 Å². The summed E-state index contributed by atoms with van der Waals surface area (Å²) in [6.45, 7) is 2.04. The van der Waals surface area contributed by atoms with Gasteiger partial charge >= 0.3 is 0 Å². The van der Waals surface area contributed by atoms with Crippen molar-refractivity contribution in [1.82, 2.24) is 0 Å². The van der Waals surface area contributed by atoms with Gasteiger partial charge in [0, 0.05) is 4.83 Å². The van der Waals surface area contributed by atoms with Crippen molar-refractivity contribution in [3.8, 4) is 0 Å². The zero-order valence-corrected chi connectivity index (χ0v) is 9.04. The van der Waals surface area contributed by atoms with Gasteiger partial charge in [-0.25, -0.2) is 0 Å². The minimum absolute atomic E-state index is 0.317. The molecule has 0 amide bonds. The van der Waals surface area contributed by atoms with Crippen LogP contribution in [-0.4, -0.2) is 0 Å². The average molecular weight is 254 g/mol. The molecule has 1 aromatic rings. The Bertz CT molecular complexity index is 258. The van der Waals surface area contributed by atoms with E-state index in [2.05, 4.69) is 15.9 Å². The largest absolute Gasteiger partial charge is 0.0842 e. The van der Waals surface area contributed by atoms with Crippen LogP contribution in [-0.2, 0) is 0 Å². The van der Waals surface area contributed by atoms with Gasteiger partial charge in [0.2, 0.25) is 0 Å². The highest BCUT2D eigenvalue weighted by atomic mass is 79.9. The van der Waals surface area contributed by atoms with Crippen molar-refractivity contribution < 1.29 is 0 Å². The Balaban J connectivity index is 3.05. The third-order valence-electron chi connectivity index (χ3n) is 1.40. The standard InChI is InChI=1S/C8H7BrCl2/c1-5(9)6-2-3-7(10)8(11)4-6/h2-5H,1H3/t5-/m0/s1. The number of hydrogen-bond donors (Lipinski definition) is 0. The second kappa shape index (κ2) is 3.79. The molecule has 0 spiro atoms. The molecule has 0 fully saturated rings. The van der Waals surface area contributed by atoms with Crippen molar-refractivity contribution >= 4 is 39.1 Å². The molecule has 0 saturated carbocycles. The lowest BCUT2D eigenvalue weighted by molar-refractivity contribution is 1.12. The number of benzene rings is 1. The van der Waals surface area contributed by atoms with E-state index in [1.165, 1.54) is 0 Å². The molecule has 11 heavy (non-hydrogen) atoms. The fourth-order valence-electron chi connectivity index (χ4n) is 0.760. The Kier molecular flexibility index (Phi) is 3.23. The Morgan fingerprint density at radius 2 is 1.91 bits per heavy atom. The van der Waals surface area contributed by atoms with Crippen molar-refractivity contribution in [3.05, 3.63) is 33.8 Å². The predicted octanol–water partition coefficient (Wildman–Crippen LogP) is 4.45. The molecule has 3 heteroatoms. The number of halogens is 3. The molecule has 0 bridgehead atoms. The van der Waals surface area contributed by atoms with Crippen LogP contribution in [0.15, 0.2) is 18.2 Å². The van der Waals surface area contributed by atoms with Crippen molar-refractivity contribution in [2.45, 2.75) is 11.8 Å². The minimum atomic E-state index is 0.317. The third-order valence-corrected chi connectivity index (χ3v) is 2.67. The van der Waals surface area contributed by atoms with Crippen LogP contribution in [0.5, 0.6) is 0 Å². The summed E-state index contributed by atoms with van der Waals surface area (Å²) in [4.78, 5) is 0.317. The highest BCUT2D eigenvalue weighted by molar-refractivity contribution is 9.09. The van der Waals surface area contributed by atoms with Crippen LogP contribution in [0.3, 0.4) is 0 Å². The van der Waals surface area contributed by atoms with Gasteiger partial charge in [-0.05, 0) is 24.6 Å². The zero-order valence-electron chi connectivity index (χ0n) is 5.94. The molecule has 1 rings (SSSR count). The maximum Gasteiger partial charge on any atom is 0.0595 e. The molecule has 0 N–H and O–H groups in total. The number of rotatable bonds is 1. The Morgan fingerprint density at radius 1 is 1.27 bits per heavy atom. The van der Waals surface area contributed by atoms with E-state index in [1.54, 1.807) is 6.07 Å². The molecular formula is C8H7BrCl2. The molecule has 0 aliphatic heterocycles. The lowest BCUT2D eigenvalue weighted by atomic mass is 10.2. The van der Waals surface area contributed by atoms with E-state index in [-0.39, 0.29) is 0 Å². The van der Waals surface area contributed by atoms with Gasteiger partial charge in [-0.3, -0.25) is 0 Å². The molecule has 0 aromatic heterocycles. The van der Waals surface area contributed by atoms with E-state index in [1.807, 2.05) is 19.1 Å². The summed E-state index contributed by atoms with van der Waals surface area (Å²) in [5.41, 5.74) is 1.14. The summed E-state index contributed by atoms with van der Waals surface area (Å²) in [6, 6.07) is 5.62. The highest BCUT2D eigenvalue weighted by Crippen LogP contribution is 2.28. The fraction of sp³-hybridized carbons (Fsp3) is 0.250. The van der Waals surface area contributed by atoms with Crippen LogP contribution in [0, 0.1) is 0 Å². The third kappa shape index (κ3) is 2.36. The van der Waals surface area contributed by atoms with Gasteiger partial charge in [0.1, 0.15) is 0 Å². The van der Waals surface area contributed by atoms with Crippen LogP contribution in [0.4, 0.5) is 0 Å². The van der Waals surface area contributed by atoms with E-state index in [9.17, 15) is 0 Å². The molecular weight excluding hydrogens is 247 g/mol. The summed E-state index contributed by atoms with van der Waals surface area (Å²) < 4.78 is 0. The maximum absolute atomic E-state index is 5.81. The summed E-state index contributed by atoms with van der Waals surface area (Å²) in [7, 11) is 0. The van der Waals surface area contributed by atoms with Gasteiger partial charge < -0.3 is 0 Å². The van der Waals surface area contributed by atoms with Crippen molar-refractivity contribution in [3.63, 3.8) is 0 Å². The molecule has 0 aliphatic carbocycles. The predicted molar refractivity (Wildman–Crippen MR) is 53.8 cm³/mol. The Morgan fingerprint density at radius 3 is 2.36 bits per heavy atom. The fourth-order valence-corrected chi connectivity index (χ4v) is 1.35. The first-order chi connectivity index (χ1) is 5.11. The van der Waals surface area contributed by atoms with Crippen LogP contribution in [0.1, 0.15) is 17.3 Å². The first-order valence-electron chi connectivity index (χ1n) is 3.20. The molecule has 0 aliphatic rings. The van der Waals surface area contributed by atoms with Crippen molar-refractivity contribution in [1.29, 1.82) is 0 Å². The first kappa shape index (κ1) is 9.37. The molecule has 0 heterocycles. The van der Waals surface area contributed by atoms with Crippen molar-refractivity contribution in [2.75, 3.05) is 0 Å². The van der Waals surface area contributed by atoms with Crippen LogP contribution in [0.25, 0.3) is 0 Å². The lowest BCUT2D eigenvalue weighted by Gasteiger charge is -2.03. The van der Waals surface area contributed by atoms with Crippen LogP contribution >= 0.6 is 39.1 Å². The highest BCUT2D eigenvalue weighted by Gasteiger charge is 2.02. The zero-order chi connectivity index (χ0) is 8.43. The molecule has 0 radical (unpaired) electrons.